The summed E-state index contributed by atoms with van der Waals surface area (Å²) in [6.45, 7) is 8.94. The number of sulfonamides is 1. The summed E-state index contributed by atoms with van der Waals surface area (Å²) in [5, 5.41) is 2.98. The number of anilines is 1. The monoisotopic (exact) mass is 581 g/mol. The number of nitrogens with one attached hydrogen (secondary N) is 1. The van der Waals surface area contributed by atoms with Gasteiger partial charge in [-0.1, -0.05) is 74.5 Å². The van der Waals surface area contributed by atoms with Gasteiger partial charge in [0, 0.05) is 18.5 Å². The Morgan fingerprint density at radius 2 is 1.46 bits per heavy atom. The van der Waals surface area contributed by atoms with Crippen molar-refractivity contribution in [2.75, 3.05) is 17.1 Å². The minimum atomic E-state index is -3.88. The highest BCUT2D eigenvalue weighted by Gasteiger charge is 2.34. The van der Waals surface area contributed by atoms with Crippen LogP contribution in [0.5, 0.6) is 0 Å². The van der Waals surface area contributed by atoms with Crippen LogP contribution in [0.15, 0.2) is 78.9 Å². The fraction of sp³-hybridized carbons (Fsp3) is 0.375. The fourth-order valence-corrected chi connectivity index (χ4v) is 5.46. The van der Waals surface area contributed by atoms with Gasteiger partial charge >= 0.3 is 0 Å². The predicted octanol–water partition coefficient (Wildman–Crippen LogP) is 5.27. The highest BCUT2D eigenvalue weighted by Crippen LogP contribution is 2.29. The molecule has 0 aliphatic heterocycles. The van der Waals surface area contributed by atoms with Crippen LogP contribution in [0.1, 0.15) is 57.2 Å². The van der Waals surface area contributed by atoms with Crippen molar-refractivity contribution in [1.29, 1.82) is 0 Å². The summed E-state index contributed by atoms with van der Waals surface area (Å²) in [4.78, 5) is 29.3. The summed E-state index contributed by atoms with van der Waals surface area (Å²) in [5.74, 6) is -1.34. The zero-order valence-corrected chi connectivity index (χ0v) is 25.4. The average molecular weight is 582 g/mol. The number of amides is 2. The van der Waals surface area contributed by atoms with Gasteiger partial charge in [-0.05, 0) is 61.6 Å². The Bertz CT molecular complexity index is 1440. The standard InChI is InChI=1S/C32H40FN3O4S/c1-23(2)27-14-10-11-15-28(27)36(41(6,39)40)22-30(37)35(21-25-16-18-26(33)19-17-25)29(31(38)34-32(3,4)5)20-24-12-8-7-9-13-24/h7-19,23,29H,20-22H2,1-6H3,(H,34,38). The van der Waals surface area contributed by atoms with E-state index in [1.54, 1.807) is 24.3 Å². The maximum absolute atomic E-state index is 14.2. The summed E-state index contributed by atoms with van der Waals surface area (Å²) in [6, 6.07) is 21.1. The van der Waals surface area contributed by atoms with Gasteiger partial charge in [-0.15, -0.1) is 0 Å². The second-order valence-corrected chi connectivity index (χ2v) is 13.5. The van der Waals surface area contributed by atoms with E-state index in [0.29, 0.717) is 11.3 Å². The number of para-hydroxylation sites is 1. The van der Waals surface area contributed by atoms with Crippen molar-refractivity contribution >= 4 is 27.5 Å². The Labute approximate surface area is 243 Å². The molecule has 0 radical (unpaired) electrons. The second-order valence-electron chi connectivity index (χ2n) is 11.6. The van der Waals surface area contributed by atoms with Gasteiger partial charge < -0.3 is 10.2 Å². The molecule has 9 heteroatoms. The molecule has 0 saturated heterocycles. The molecule has 41 heavy (non-hydrogen) atoms. The Morgan fingerprint density at radius 3 is 2.02 bits per heavy atom. The molecule has 3 rings (SSSR count). The molecular weight excluding hydrogens is 541 g/mol. The SMILES string of the molecule is CC(C)c1ccccc1N(CC(=O)N(Cc1ccc(F)cc1)C(Cc1ccccc1)C(=O)NC(C)(C)C)S(C)(=O)=O. The Balaban J connectivity index is 2.11. The van der Waals surface area contributed by atoms with Crippen molar-refractivity contribution in [3.63, 3.8) is 0 Å². The van der Waals surface area contributed by atoms with Gasteiger partial charge in [0.1, 0.15) is 18.4 Å². The van der Waals surface area contributed by atoms with Crippen molar-refractivity contribution < 1.29 is 22.4 Å². The third kappa shape index (κ3) is 9.14. The topological polar surface area (TPSA) is 86.8 Å². The Morgan fingerprint density at radius 1 is 0.878 bits per heavy atom. The van der Waals surface area contributed by atoms with Crippen molar-refractivity contribution in [1.82, 2.24) is 10.2 Å². The lowest BCUT2D eigenvalue weighted by molar-refractivity contribution is -0.140. The lowest BCUT2D eigenvalue weighted by atomic mass is 10.00. The first-order valence-electron chi connectivity index (χ1n) is 13.6. The molecular formula is C32H40FN3O4S. The van der Waals surface area contributed by atoms with Crippen LogP contribution in [0.3, 0.4) is 0 Å². The second kappa shape index (κ2) is 13.3. The number of rotatable bonds is 11. The largest absolute Gasteiger partial charge is 0.350 e. The molecule has 0 bridgehead atoms. The first-order chi connectivity index (χ1) is 19.2. The minimum absolute atomic E-state index is 0.00395. The Kier molecular flexibility index (Phi) is 10.3. The molecule has 0 heterocycles. The first-order valence-corrected chi connectivity index (χ1v) is 15.5. The van der Waals surface area contributed by atoms with Crippen molar-refractivity contribution in [2.45, 2.75) is 65.1 Å². The van der Waals surface area contributed by atoms with Gasteiger partial charge in [-0.3, -0.25) is 13.9 Å². The summed E-state index contributed by atoms with van der Waals surface area (Å²) in [6.07, 6.45) is 1.27. The lowest BCUT2D eigenvalue weighted by Crippen LogP contribution is -2.56. The predicted molar refractivity (Wildman–Crippen MR) is 162 cm³/mol. The molecule has 1 N–H and O–H groups in total. The van der Waals surface area contributed by atoms with Crippen LogP contribution < -0.4 is 9.62 Å². The highest BCUT2D eigenvalue weighted by atomic mass is 32.2. The van der Waals surface area contributed by atoms with E-state index in [1.807, 2.05) is 77.1 Å². The third-order valence-electron chi connectivity index (χ3n) is 6.54. The molecule has 0 aliphatic rings. The summed E-state index contributed by atoms with van der Waals surface area (Å²) < 4.78 is 41.0. The molecule has 1 atom stereocenters. The average Bonchev–Trinajstić information content (AvgIpc) is 2.89. The van der Waals surface area contributed by atoms with Gasteiger partial charge in [-0.2, -0.15) is 0 Å². The smallest absolute Gasteiger partial charge is 0.244 e. The van der Waals surface area contributed by atoms with Crippen molar-refractivity contribution in [2.24, 2.45) is 0 Å². The van der Waals surface area contributed by atoms with E-state index >= 15 is 0 Å². The zero-order chi connectivity index (χ0) is 30.4. The molecule has 7 nitrogen and oxygen atoms in total. The van der Waals surface area contributed by atoms with Gasteiger partial charge in [0.25, 0.3) is 0 Å². The number of hydrogen-bond acceptors (Lipinski definition) is 4. The molecule has 0 saturated carbocycles. The Hall–Kier alpha value is -3.72. The van der Waals surface area contributed by atoms with Gasteiger partial charge in [-0.25, -0.2) is 12.8 Å². The number of benzene rings is 3. The normalized spacial score (nSPS) is 12.6. The number of carbonyl (C=O) groups excluding carboxylic acids is 2. The van der Waals surface area contributed by atoms with E-state index < -0.39 is 39.9 Å². The number of carbonyl (C=O) groups is 2. The van der Waals surface area contributed by atoms with Gasteiger partial charge in [0.2, 0.25) is 21.8 Å². The molecule has 220 valence electrons. The maximum atomic E-state index is 14.2. The van der Waals surface area contributed by atoms with E-state index in [0.717, 1.165) is 21.7 Å². The molecule has 0 aromatic heterocycles. The van der Waals surface area contributed by atoms with E-state index in [-0.39, 0.29) is 24.8 Å². The summed E-state index contributed by atoms with van der Waals surface area (Å²) >= 11 is 0. The summed E-state index contributed by atoms with van der Waals surface area (Å²) in [5.41, 5.74) is 2.06. The zero-order valence-electron chi connectivity index (χ0n) is 24.6. The van der Waals surface area contributed by atoms with E-state index in [4.69, 9.17) is 0 Å². The molecule has 3 aromatic carbocycles. The van der Waals surface area contributed by atoms with Crippen LogP contribution in [-0.2, 0) is 32.6 Å². The van der Waals surface area contributed by atoms with Crippen LogP contribution in [0.25, 0.3) is 0 Å². The number of hydrogen-bond donors (Lipinski definition) is 1. The molecule has 0 aliphatic carbocycles. The van der Waals surface area contributed by atoms with E-state index in [2.05, 4.69) is 5.32 Å². The molecule has 1 unspecified atom stereocenters. The van der Waals surface area contributed by atoms with Gasteiger partial charge in [0.15, 0.2) is 0 Å². The number of halogens is 1. The third-order valence-corrected chi connectivity index (χ3v) is 7.67. The maximum Gasteiger partial charge on any atom is 0.244 e. The van der Waals surface area contributed by atoms with Crippen LogP contribution in [0.2, 0.25) is 0 Å². The van der Waals surface area contributed by atoms with Crippen LogP contribution >= 0.6 is 0 Å². The quantitative estimate of drug-likeness (QED) is 0.334. The van der Waals surface area contributed by atoms with Crippen LogP contribution in [0, 0.1) is 5.82 Å². The van der Waals surface area contributed by atoms with Crippen LogP contribution in [-0.4, -0.2) is 49.5 Å². The van der Waals surface area contributed by atoms with Gasteiger partial charge in [0.05, 0.1) is 11.9 Å². The number of nitrogens with zero attached hydrogens (tertiary/aromatic N) is 2. The fourth-order valence-electron chi connectivity index (χ4n) is 4.59. The van der Waals surface area contributed by atoms with Crippen molar-refractivity contribution in [3.8, 4) is 0 Å². The summed E-state index contributed by atoms with van der Waals surface area (Å²) in [7, 11) is -3.88. The van der Waals surface area contributed by atoms with E-state index in [1.165, 1.54) is 17.0 Å². The molecule has 3 aromatic rings. The first kappa shape index (κ1) is 31.8. The van der Waals surface area contributed by atoms with Crippen molar-refractivity contribution in [3.05, 3.63) is 101 Å². The molecule has 2 amide bonds. The highest BCUT2D eigenvalue weighted by molar-refractivity contribution is 7.92. The van der Waals surface area contributed by atoms with Crippen LogP contribution in [0.4, 0.5) is 10.1 Å². The minimum Gasteiger partial charge on any atom is -0.350 e. The molecule has 0 spiro atoms. The molecule has 0 fully saturated rings. The van der Waals surface area contributed by atoms with E-state index in [9.17, 15) is 22.4 Å². The lowest BCUT2D eigenvalue weighted by Gasteiger charge is -2.35.